The smallest absolute Gasteiger partial charge is 0.338 e. The normalized spacial score (nSPS) is 9.61. The number of esters is 1. The van der Waals surface area contributed by atoms with Crippen molar-refractivity contribution < 1.29 is 40.2 Å². The highest BCUT2D eigenvalue weighted by atomic mass is 16.5. The van der Waals surface area contributed by atoms with Gasteiger partial charge < -0.3 is 35.4 Å². The molecule has 0 heterocycles. The van der Waals surface area contributed by atoms with Crippen molar-refractivity contribution in [2.75, 3.05) is 6.61 Å². The van der Waals surface area contributed by atoms with Gasteiger partial charge >= 0.3 is 5.97 Å². The first-order valence-electron chi connectivity index (χ1n) is 6.39. The second kappa shape index (κ2) is 7.64. The Morgan fingerprint density at radius 1 is 0.870 bits per heavy atom. The van der Waals surface area contributed by atoms with Crippen LogP contribution in [-0.4, -0.2) is 43.2 Å². The molecule has 0 amide bonds. The zero-order valence-corrected chi connectivity index (χ0v) is 12.1. The lowest BCUT2D eigenvalue weighted by Gasteiger charge is -2.04. The summed E-state index contributed by atoms with van der Waals surface area (Å²) < 4.78 is 4.63. The molecule has 8 heteroatoms. The minimum atomic E-state index is -0.668. The number of hydrogen-bond acceptors (Lipinski definition) is 8. The molecular weight excluding hydrogens is 308 g/mol. The molecule has 2 rings (SSSR count). The lowest BCUT2D eigenvalue weighted by molar-refractivity contribution is 0.0525. The third kappa shape index (κ3) is 4.60. The number of rotatable bonds is 2. The molecule has 0 radical (unpaired) electrons. The molecule has 0 aromatic heterocycles. The fraction of sp³-hybridized carbons (Fsp3) is 0.133. The summed E-state index contributed by atoms with van der Waals surface area (Å²) in [5.74, 6) is -3.54. The Kier molecular flexibility index (Phi) is 5.90. The number of hydrogen-bond donors (Lipinski definition) is 6. The van der Waals surface area contributed by atoms with Crippen molar-refractivity contribution in [2.24, 2.45) is 0 Å². The molecular formula is C15H16O8. The number of para-hydroxylation sites is 1. The molecule has 0 aliphatic rings. The first-order valence-corrected chi connectivity index (χ1v) is 6.39. The SMILES string of the molecule is CCOC(=O)c1cc(O)c(O)c(O)c1.Oc1cccc(O)c1O. The fourth-order valence-electron chi connectivity index (χ4n) is 1.46. The Balaban J connectivity index is 0.000000253. The van der Waals surface area contributed by atoms with Crippen molar-refractivity contribution in [2.45, 2.75) is 6.92 Å². The van der Waals surface area contributed by atoms with Crippen molar-refractivity contribution >= 4 is 5.97 Å². The maximum Gasteiger partial charge on any atom is 0.338 e. The Hall–Kier alpha value is -3.29. The van der Waals surface area contributed by atoms with E-state index in [4.69, 9.17) is 30.6 Å². The summed E-state index contributed by atoms with van der Waals surface area (Å²) in [4.78, 5) is 11.1. The second-order valence-electron chi connectivity index (χ2n) is 4.23. The van der Waals surface area contributed by atoms with Crippen molar-refractivity contribution in [3.05, 3.63) is 35.9 Å². The van der Waals surface area contributed by atoms with Gasteiger partial charge in [0, 0.05) is 0 Å². The van der Waals surface area contributed by atoms with Gasteiger partial charge in [-0.05, 0) is 31.2 Å². The van der Waals surface area contributed by atoms with Crippen LogP contribution in [0, 0.1) is 0 Å². The highest BCUT2D eigenvalue weighted by Crippen LogP contribution is 2.35. The first kappa shape index (κ1) is 17.8. The second-order valence-corrected chi connectivity index (χ2v) is 4.23. The van der Waals surface area contributed by atoms with Gasteiger partial charge in [-0.25, -0.2) is 4.79 Å². The number of benzene rings is 2. The van der Waals surface area contributed by atoms with Crippen LogP contribution in [0.15, 0.2) is 30.3 Å². The number of carbonyl (C=O) groups excluding carboxylic acids is 1. The van der Waals surface area contributed by atoms with Gasteiger partial charge in [-0.2, -0.15) is 0 Å². The first-order chi connectivity index (χ1) is 10.8. The molecule has 0 fully saturated rings. The van der Waals surface area contributed by atoms with Crippen molar-refractivity contribution in [1.82, 2.24) is 0 Å². The highest BCUT2D eigenvalue weighted by molar-refractivity contribution is 5.91. The third-order valence-corrected chi connectivity index (χ3v) is 2.57. The molecule has 2 aromatic rings. The summed E-state index contributed by atoms with van der Waals surface area (Å²) in [5, 5.41) is 53.2. The van der Waals surface area contributed by atoms with Crippen LogP contribution in [0.5, 0.6) is 34.5 Å². The van der Waals surface area contributed by atoms with E-state index in [1.807, 2.05) is 0 Å². The third-order valence-electron chi connectivity index (χ3n) is 2.57. The Bertz CT molecular complexity index is 653. The lowest BCUT2D eigenvalue weighted by Crippen LogP contribution is -2.04. The number of aromatic hydroxyl groups is 6. The van der Waals surface area contributed by atoms with E-state index < -0.39 is 29.0 Å². The van der Waals surface area contributed by atoms with Gasteiger partial charge in [-0.15, -0.1) is 0 Å². The van der Waals surface area contributed by atoms with Crippen LogP contribution in [0.4, 0.5) is 0 Å². The van der Waals surface area contributed by atoms with Crippen LogP contribution in [0.1, 0.15) is 17.3 Å². The summed E-state index contributed by atoms with van der Waals surface area (Å²) in [6.45, 7) is 1.83. The van der Waals surface area contributed by atoms with Gasteiger partial charge in [-0.3, -0.25) is 0 Å². The van der Waals surface area contributed by atoms with Crippen molar-refractivity contribution in [1.29, 1.82) is 0 Å². The van der Waals surface area contributed by atoms with E-state index >= 15 is 0 Å². The summed E-state index contributed by atoms with van der Waals surface area (Å²) in [6, 6.07) is 6.05. The average molecular weight is 324 g/mol. The van der Waals surface area contributed by atoms with Crippen LogP contribution < -0.4 is 0 Å². The quantitative estimate of drug-likeness (QED) is 0.362. The van der Waals surface area contributed by atoms with Crippen LogP contribution in [0.2, 0.25) is 0 Å². The van der Waals surface area contributed by atoms with Gasteiger partial charge in [0.15, 0.2) is 34.5 Å². The van der Waals surface area contributed by atoms with Gasteiger partial charge in [0.2, 0.25) is 0 Å². The number of carbonyl (C=O) groups is 1. The number of phenolic OH excluding ortho intramolecular Hbond substituents is 6. The van der Waals surface area contributed by atoms with Crippen LogP contribution >= 0.6 is 0 Å². The zero-order chi connectivity index (χ0) is 17.6. The summed E-state index contributed by atoms with van der Waals surface area (Å²) in [7, 11) is 0. The van der Waals surface area contributed by atoms with Gasteiger partial charge in [0.05, 0.1) is 12.2 Å². The molecule has 23 heavy (non-hydrogen) atoms. The van der Waals surface area contributed by atoms with Crippen LogP contribution in [0.3, 0.4) is 0 Å². The fourth-order valence-corrected chi connectivity index (χ4v) is 1.46. The molecule has 0 atom stereocenters. The largest absolute Gasteiger partial charge is 0.504 e. The van der Waals surface area contributed by atoms with E-state index in [9.17, 15) is 4.79 Å². The topological polar surface area (TPSA) is 148 Å². The average Bonchev–Trinajstić information content (AvgIpc) is 2.50. The molecule has 6 N–H and O–H groups in total. The van der Waals surface area contributed by atoms with Gasteiger partial charge in [-0.1, -0.05) is 6.07 Å². The monoisotopic (exact) mass is 324 g/mol. The maximum absolute atomic E-state index is 11.1. The molecule has 0 saturated carbocycles. The van der Waals surface area contributed by atoms with E-state index in [-0.39, 0.29) is 23.7 Å². The van der Waals surface area contributed by atoms with Crippen molar-refractivity contribution in [3.63, 3.8) is 0 Å². The van der Waals surface area contributed by atoms with Crippen LogP contribution in [0.25, 0.3) is 0 Å². The standard InChI is InChI=1S/C9H10O5.C6H6O3/c1-2-14-9(13)5-3-6(10)8(12)7(11)4-5;7-4-2-1-3-5(8)6(4)9/h3-4,10-12H,2H2,1H3;1-3,7-9H. The Morgan fingerprint density at radius 2 is 1.30 bits per heavy atom. The Labute approximate surface area is 131 Å². The predicted molar refractivity (Wildman–Crippen MR) is 78.8 cm³/mol. The molecule has 0 aliphatic heterocycles. The zero-order valence-electron chi connectivity index (χ0n) is 12.1. The maximum atomic E-state index is 11.1. The van der Waals surface area contributed by atoms with E-state index in [2.05, 4.69) is 4.74 Å². The van der Waals surface area contributed by atoms with Crippen LogP contribution in [-0.2, 0) is 4.74 Å². The highest BCUT2D eigenvalue weighted by Gasteiger charge is 2.13. The lowest BCUT2D eigenvalue weighted by atomic mass is 10.2. The van der Waals surface area contributed by atoms with E-state index in [1.165, 1.54) is 18.2 Å². The minimum absolute atomic E-state index is 0.0142. The van der Waals surface area contributed by atoms with E-state index in [0.717, 1.165) is 12.1 Å². The van der Waals surface area contributed by atoms with Gasteiger partial charge in [0.25, 0.3) is 0 Å². The van der Waals surface area contributed by atoms with Gasteiger partial charge in [0.1, 0.15) is 0 Å². The minimum Gasteiger partial charge on any atom is -0.504 e. The van der Waals surface area contributed by atoms with E-state index in [0.29, 0.717) is 0 Å². The summed E-state index contributed by atoms with van der Waals surface area (Å²) >= 11 is 0. The summed E-state index contributed by atoms with van der Waals surface area (Å²) in [5.41, 5.74) is -0.0142. The van der Waals surface area contributed by atoms with E-state index in [1.54, 1.807) is 6.92 Å². The molecule has 0 unspecified atom stereocenters. The van der Waals surface area contributed by atoms with Crippen molar-refractivity contribution in [3.8, 4) is 34.5 Å². The number of phenols is 6. The molecule has 2 aromatic carbocycles. The molecule has 0 saturated heterocycles. The molecule has 8 nitrogen and oxygen atoms in total. The molecule has 0 spiro atoms. The Morgan fingerprint density at radius 3 is 1.70 bits per heavy atom. The molecule has 124 valence electrons. The number of ether oxygens (including phenoxy) is 1. The predicted octanol–water partition coefficient (Wildman–Crippen LogP) is 1.78. The summed E-state index contributed by atoms with van der Waals surface area (Å²) in [6.07, 6.45) is 0. The molecule has 0 bridgehead atoms. The molecule has 0 aliphatic carbocycles.